The Hall–Kier alpha value is -1.46. The van der Waals surface area contributed by atoms with Crippen LogP contribution in [0.4, 0.5) is 4.39 Å². The van der Waals surface area contributed by atoms with Crippen LogP contribution in [0.15, 0.2) is 23.2 Å². The van der Waals surface area contributed by atoms with Crippen LogP contribution in [0.2, 0.25) is 0 Å². The van der Waals surface area contributed by atoms with E-state index in [1.807, 2.05) is 0 Å². The highest BCUT2D eigenvalue weighted by Crippen LogP contribution is 1.92. The van der Waals surface area contributed by atoms with Gasteiger partial charge in [0.25, 0.3) is 0 Å². The van der Waals surface area contributed by atoms with E-state index < -0.39 is 6.29 Å². The molecule has 0 saturated carbocycles. The summed E-state index contributed by atoms with van der Waals surface area (Å²) in [5.74, 6) is 5.11. The van der Waals surface area contributed by atoms with E-state index >= 15 is 0 Å². The van der Waals surface area contributed by atoms with Crippen molar-refractivity contribution >= 4 is 6.20 Å². The van der Waals surface area contributed by atoms with Crippen molar-refractivity contribution in [3.8, 4) is 0 Å². The monoisotopic (exact) mass is 180 g/mol. The molecular weight excluding hydrogens is 171 g/mol. The van der Waals surface area contributed by atoms with Crippen LogP contribution in [-0.4, -0.2) is 11.3 Å². The van der Waals surface area contributed by atoms with Crippen LogP contribution in [0.5, 0.6) is 0 Å². The van der Waals surface area contributed by atoms with Gasteiger partial charge in [-0.3, -0.25) is 10.7 Å². The van der Waals surface area contributed by atoms with Gasteiger partial charge in [-0.2, -0.15) is 0 Å². The molecule has 0 radical (unpaired) electrons. The SMILES string of the molecule is NC1N=c2cccc(F)c2=CN1N. The van der Waals surface area contributed by atoms with E-state index in [-0.39, 0.29) is 5.82 Å². The van der Waals surface area contributed by atoms with Crippen LogP contribution < -0.4 is 22.2 Å². The second kappa shape index (κ2) is 2.79. The molecule has 4 N–H and O–H groups in total. The van der Waals surface area contributed by atoms with Crippen LogP contribution in [0.3, 0.4) is 0 Å². The molecule has 0 aromatic heterocycles. The molecule has 4 nitrogen and oxygen atoms in total. The first-order chi connectivity index (χ1) is 6.18. The molecule has 0 saturated heterocycles. The van der Waals surface area contributed by atoms with Crippen molar-refractivity contribution in [2.45, 2.75) is 6.29 Å². The van der Waals surface area contributed by atoms with Crippen molar-refractivity contribution < 1.29 is 4.39 Å². The predicted octanol–water partition coefficient (Wildman–Crippen LogP) is -1.39. The fourth-order valence-electron chi connectivity index (χ4n) is 1.20. The molecule has 0 amide bonds. The van der Waals surface area contributed by atoms with Gasteiger partial charge in [0.2, 0.25) is 0 Å². The first-order valence-corrected chi connectivity index (χ1v) is 3.81. The number of halogens is 1. The third kappa shape index (κ3) is 1.28. The zero-order valence-electron chi connectivity index (χ0n) is 6.81. The average Bonchev–Trinajstić information content (AvgIpc) is 2.09. The predicted molar refractivity (Wildman–Crippen MR) is 45.6 cm³/mol. The topological polar surface area (TPSA) is 67.6 Å². The summed E-state index contributed by atoms with van der Waals surface area (Å²) in [4.78, 5) is 4.00. The van der Waals surface area contributed by atoms with Crippen LogP contribution in [-0.2, 0) is 0 Å². The van der Waals surface area contributed by atoms with E-state index in [1.54, 1.807) is 12.1 Å². The third-order valence-electron chi connectivity index (χ3n) is 1.88. The normalized spacial score (nSPS) is 20.2. The summed E-state index contributed by atoms with van der Waals surface area (Å²) in [6.45, 7) is 0. The molecule has 1 aliphatic heterocycles. The Morgan fingerprint density at radius 1 is 1.46 bits per heavy atom. The van der Waals surface area contributed by atoms with Crippen molar-refractivity contribution in [3.05, 3.63) is 34.6 Å². The number of hydrazine groups is 1. The van der Waals surface area contributed by atoms with Gasteiger partial charge in [-0.25, -0.2) is 15.2 Å². The summed E-state index contributed by atoms with van der Waals surface area (Å²) < 4.78 is 13.2. The summed E-state index contributed by atoms with van der Waals surface area (Å²) in [5, 5.41) is 2.09. The summed E-state index contributed by atoms with van der Waals surface area (Å²) in [6, 6.07) is 4.64. The molecule has 2 rings (SSSR count). The Balaban J connectivity index is 2.77. The second-order valence-corrected chi connectivity index (χ2v) is 2.79. The lowest BCUT2D eigenvalue weighted by molar-refractivity contribution is 0.316. The Bertz CT molecular complexity index is 442. The van der Waals surface area contributed by atoms with E-state index in [2.05, 4.69) is 4.99 Å². The quantitative estimate of drug-likeness (QED) is 0.483. The van der Waals surface area contributed by atoms with Gasteiger partial charge in [-0.05, 0) is 12.1 Å². The average molecular weight is 180 g/mol. The summed E-state index contributed by atoms with van der Waals surface area (Å²) >= 11 is 0. The molecule has 0 bridgehead atoms. The van der Waals surface area contributed by atoms with Gasteiger partial charge in [-0.1, -0.05) is 6.07 Å². The van der Waals surface area contributed by atoms with Gasteiger partial charge < -0.3 is 0 Å². The van der Waals surface area contributed by atoms with E-state index in [4.69, 9.17) is 11.6 Å². The molecule has 5 heteroatoms. The molecule has 1 atom stereocenters. The maximum atomic E-state index is 13.2. The van der Waals surface area contributed by atoms with Crippen molar-refractivity contribution in [1.29, 1.82) is 0 Å². The molecule has 1 aromatic rings. The summed E-state index contributed by atoms with van der Waals surface area (Å²) in [5.41, 5.74) is 5.52. The smallest absolute Gasteiger partial charge is 0.187 e. The van der Waals surface area contributed by atoms with Crippen LogP contribution in [0, 0.1) is 5.82 Å². The van der Waals surface area contributed by atoms with Crippen LogP contribution in [0.25, 0.3) is 6.20 Å². The van der Waals surface area contributed by atoms with E-state index in [9.17, 15) is 4.39 Å². The molecule has 0 aliphatic carbocycles. The Labute approximate surface area is 73.9 Å². The highest BCUT2D eigenvalue weighted by molar-refractivity contribution is 5.24. The molecule has 1 unspecified atom stereocenters. The first kappa shape index (κ1) is 8.15. The molecule has 0 fully saturated rings. The van der Waals surface area contributed by atoms with Gasteiger partial charge >= 0.3 is 0 Å². The standard InChI is InChI=1S/C8H9FN4/c9-6-2-1-3-7-5(6)4-13(11)8(10)12-7/h1-4,8H,10-11H2. The van der Waals surface area contributed by atoms with Gasteiger partial charge in [0, 0.05) is 6.20 Å². The molecule has 0 spiro atoms. The van der Waals surface area contributed by atoms with Gasteiger partial charge in [0.05, 0.1) is 10.6 Å². The van der Waals surface area contributed by atoms with Gasteiger partial charge in [-0.15, -0.1) is 0 Å². The Morgan fingerprint density at radius 2 is 2.23 bits per heavy atom. The van der Waals surface area contributed by atoms with Crippen molar-refractivity contribution in [3.63, 3.8) is 0 Å². The zero-order valence-corrected chi connectivity index (χ0v) is 6.81. The second-order valence-electron chi connectivity index (χ2n) is 2.79. The zero-order chi connectivity index (χ0) is 9.42. The van der Waals surface area contributed by atoms with Crippen LogP contribution in [0.1, 0.15) is 0 Å². The number of nitrogens with zero attached hydrogens (tertiary/aromatic N) is 2. The molecule has 1 heterocycles. The summed E-state index contributed by atoms with van der Waals surface area (Å²) in [7, 11) is 0. The highest BCUT2D eigenvalue weighted by Gasteiger charge is 2.09. The minimum absolute atomic E-state index is 0.344. The number of hydrogen-bond acceptors (Lipinski definition) is 4. The highest BCUT2D eigenvalue weighted by atomic mass is 19.1. The largest absolute Gasteiger partial charge is 0.291 e. The number of fused-ring (bicyclic) bond motifs is 1. The lowest BCUT2D eigenvalue weighted by Crippen LogP contribution is -2.50. The molecule has 1 aromatic carbocycles. The summed E-state index contributed by atoms with van der Waals surface area (Å²) in [6.07, 6.45) is 0.816. The minimum atomic E-state index is -0.630. The first-order valence-electron chi connectivity index (χ1n) is 3.81. The Kier molecular flexibility index (Phi) is 1.75. The van der Waals surface area contributed by atoms with E-state index in [1.165, 1.54) is 17.3 Å². The number of benzene rings is 1. The van der Waals surface area contributed by atoms with Gasteiger partial charge in [0.1, 0.15) is 5.82 Å². The number of rotatable bonds is 0. The fraction of sp³-hybridized carbons (Fsp3) is 0.125. The molecule has 13 heavy (non-hydrogen) atoms. The van der Waals surface area contributed by atoms with Gasteiger partial charge in [0.15, 0.2) is 6.29 Å². The van der Waals surface area contributed by atoms with Crippen molar-refractivity contribution in [2.24, 2.45) is 16.6 Å². The van der Waals surface area contributed by atoms with Crippen LogP contribution >= 0.6 is 0 Å². The van der Waals surface area contributed by atoms with Crippen molar-refractivity contribution in [2.75, 3.05) is 0 Å². The lowest BCUT2D eigenvalue weighted by atomic mass is 10.2. The maximum absolute atomic E-state index is 13.2. The molecular formula is C8H9FN4. The van der Waals surface area contributed by atoms with Crippen molar-refractivity contribution in [1.82, 2.24) is 5.01 Å². The third-order valence-corrected chi connectivity index (χ3v) is 1.88. The van der Waals surface area contributed by atoms with E-state index in [0.717, 1.165) is 0 Å². The lowest BCUT2D eigenvalue weighted by Gasteiger charge is -2.20. The number of hydrogen-bond donors (Lipinski definition) is 2. The maximum Gasteiger partial charge on any atom is 0.187 e. The number of nitrogens with two attached hydrogens (primary N) is 2. The molecule has 1 aliphatic rings. The minimum Gasteiger partial charge on any atom is -0.291 e. The fourth-order valence-corrected chi connectivity index (χ4v) is 1.20. The van der Waals surface area contributed by atoms with E-state index in [0.29, 0.717) is 10.6 Å². The molecule has 68 valence electrons. The Morgan fingerprint density at radius 3 is 3.00 bits per heavy atom.